The lowest BCUT2D eigenvalue weighted by molar-refractivity contribution is 0.557. The molecule has 0 saturated heterocycles. The molecule has 6 heteroatoms. The van der Waals surface area contributed by atoms with E-state index in [0.717, 1.165) is 0 Å². The molecular formula is C11H15ClFNO2S. The molecule has 1 aromatic rings. The van der Waals surface area contributed by atoms with E-state index in [2.05, 4.69) is 5.32 Å². The molecule has 96 valence electrons. The maximum absolute atomic E-state index is 12.9. The van der Waals surface area contributed by atoms with Crippen molar-refractivity contribution in [1.29, 1.82) is 0 Å². The van der Waals surface area contributed by atoms with Crippen LogP contribution in [0.5, 0.6) is 0 Å². The summed E-state index contributed by atoms with van der Waals surface area (Å²) in [6.45, 7) is 0. The fourth-order valence-corrected chi connectivity index (χ4v) is 2.53. The van der Waals surface area contributed by atoms with Crippen LogP contribution in [-0.2, 0) is 9.84 Å². The molecule has 1 N–H and O–H groups in total. The summed E-state index contributed by atoms with van der Waals surface area (Å²) in [5.74, 6) is -0.344. The lowest BCUT2D eigenvalue weighted by Gasteiger charge is -2.17. The zero-order chi connectivity index (χ0) is 13.1. The van der Waals surface area contributed by atoms with Gasteiger partial charge in [-0.1, -0.05) is 17.7 Å². The fraction of sp³-hybridized carbons (Fsp3) is 0.455. The van der Waals surface area contributed by atoms with Crippen LogP contribution < -0.4 is 5.32 Å². The molecule has 1 unspecified atom stereocenters. The lowest BCUT2D eigenvalue weighted by atomic mass is 10.0. The minimum Gasteiger partial charge on any atom is -0.313 e. The summed E-state index contributed by atoms with van der Waals surface area (Å²) in [6, 6.07) is 3.91. The molecule has 0 amide bonds. The molecule has 1 rings (SSSR count). The zero-order valence-electron chi connectivity index (χ0n) is 9.70. The van der Waals surface area contributed by atoms with Crippen LogP contribution in [0.4, 0.5) is 4.39 Å². The van der Waals surface area contributed by atoms with E-state index < -0.39 is 15.7 Å². The quantitative estimate of drug-likeness (QED) is 0.899. The highest BCUT2D eigenvalue weighted by atomic mass is 35.5. The Labute approximate surface area is 106 Å². The molecule has 0 fully saturated rings. The molecule has 0 aliphatic heterocycles. The lowest BCUT2D eigenvalue weighted by Crippen LogP contribution is -2.20. The molecule has 17 heavy (non-hydrogen) atoms. The Balaban J connectivity index is 2.86. The van der Waals surface area contributed by atoms with E-state index >= 15 is 0 Å². The molecule has 0 heterocycles. The van der Waals surface area contributed by atoms with E-state index in [1.165, 1.54) is 18.4 Å². The summed E-state index contributed by atoms with van der Waals surface area (Å²) < 4.78 is 35.1. The fourth-order valence-electron chi connectivity index (χ4n) is 1.57. The molecule has 0 bridgehead atoms. The van der Waals surface area contributed by atoms with Crippen molar-refractivity contribution < 1.29 is 12.8 Å². The molecule has 1 atom stereocenters. The minimum atomic E-state index is -3.02. The maximum atomic E-state index is 12.9. The number of halogens is 2. The first-order valence-corrected chi connectivity index (χ1v) is 7.57. The Hall–Kier alpha value is -0.650. The van der Waals surface area contributed by atoms with Crippen molar-refractivity contribution >= 4 is 21.4 Å². The van der Waals surface area contributed by atoms with Crippen LogP contribution in [0.2, 0.25) is 5.02 Å². The number of hydrogen-bond acceptors (Lipinski definition) is 3. The summed E-state index contributed by atoms with van der Waals surface area (Å²) in [4.78, 5) is 0. The van der Waals surface area contributed by atoms with Gasteiger partial charge in [-0.05, 0) is 31.2 Å². The smallest absolute Gasteiger partial charge is 0.147 e. The third-order valence-corrected chi connectivity index (χ3v) is 3.77. The second-order valence-electron chi connectivity index (χ2n) is 3.93. The van der Waals surface area contributed by atoms with E-state index in [9.17, 15) is 12.8 Å². The molecule has 0 spiro atoms. The van der Waals surface area contributed by atoms with Gasteiger partial charge in [0.2, 0.25) is 0 Å². The van der Waals surface area contributed by atoms with Gasteiger partial charge in [-0.15, -0.1) is 0 Å². The van der Waals surface area contributed by atoms with Gasteiger partial charge in [-0.2, -0.15) is 0 Å². The molecular weight excluding hydrogens is 265 g/mol. The third-order valence-electron chi connectivity index (χ3n) is 2.46. The highest BCUT2D eigenvalue weighted by Gasteiger charge is 2.15. The first-order valence-electron chi connectivity index (χ1n) is 5.13. The molecule has 0 radical (unpaired) electrons. The van der Waals surface area contributed by atoms with Crippen molar-refractivity contribution in [2.24, 2.45) is 0 Å². The normalized spacial score (nSPS) is 13.6. The molecule has 3 nitrogen and oxygen atoms in total. The van der Waals surface area contributed by atoms with Gasteiger partial charge in [0.05, 0.1) is 5.75 Å². The first-order chi connectivity index (χ1) is 7.83. The number of sulfone groups is 1. The van der Waals surface area contributed by atoms with Gasteiger partial charge in [0.25, 0.3) is 0 Å². The molecule has 0 aliphatic rings. The second-order valence-corrected chi connectivity index (χ2v) is 6.59. The summed E-state index contributed by atoms with van der Waals surface area (Å²) in [7, 11) is -1.30. The molecule has 0 saturated carbocycles. The van der Waals surface area contributed by atoms with E-state index in [1.54, 1.807) is 13.1 Å². The van der Waals surface area contributed by atoms with E-state index in [0.29, 0.717) is 17.0 Å². The summed E-state index contributed by atoms with van der Waals surface area (Å²) in [6.07, 6.45) is 1.59. The second kappa shape index (κ2) is 5.80. The van der Waals surface area contributed by atoms with Crippen molar-refractivity contribution in [3.8, 4) is 0 Å². The average molecular weight is 280 g/mol. The third kappa shape index (κ3) is 4.61. The Morgan fingerprint density at radius 2 is 2.12 bits per heavy atom. The van der Waals surface area contributed by atoms with Gasteiger partial charge in [-0.25, -0.2) is 12.8 Å². The molecule has 0 aromatic heterocycles. The van der Waals surface area contributed by atoms with Crippen LogP contribution in [0.25, 0.3) is 0 Å². The zero-order valence-corrected chi connectivity index (χ0v) is 11.3. The van der Waals surface area contributed by atoms with Gasteiger partial charge in [0.15, 0.2) is 0 Å². The number of rotatable bonds is 5. The topological polar surface area (TPSA) is 46.2 Å². The highest BCUT2D eigenvalue weighted by molar-refractivity contribution is 7.90. The number of nitrogens with one attached hydrogen (secondary N) is 1. The molecule has 0 aliphatic carbocycles. The highest BCUT2D eigenvalue weighted by Crippen LogP contribution is 2.26. The van der Waals surface area contributed by atoms with Gasteiger partial charge in [0, 0.05) is 17.3 Å². The van der Waals surface area contributed by atoms with Crippen LogP contribution in [0.3, 0.4) is 0 Å². The SMILES string of the molecule is CNC(CCS(C)(=O)=O)c1ccc(F)cc1Cl. The van der Waals surface area contributed by atoms with E-state index in [-0.39, 0.29) is 11.8 Å². The van der Waals surface area contributed by atoms with Gasteiger partial charge >= 0.3 is 0 Å². The van der Waals surface area contributed by atoms with Crippen LogP contribution in [0, 0.1) is 5.82 Å². The molecule has 1 aromatic carbocycles. The predicted molar refractivity (Wildman–Crippen MR) is 67.5 cm³/mol. The van der Waals surface area contributed by atoms with Gasteiger partial charge in [-0.3, -0.25) is 0 Å². The van der Waals surface area contributed by atoms with Crippen LogP contribution >= 0.6 is 11.6 Å². The first kappa shape index (κ1) is 14.4. The Kier molecular flexibility index (Phi) is 4.91. The van der Waals surface area contributed by atoms with Crippen molar-refractivity contribution in [2.75, 3.05) is 19.1 Å². The van der Waals surface area contributed by atoms with Crippen molar-refractivity contribution in [3.63, 3.8) is 0 Å². The van der Waals surface area contributed by atoms with Crippen molar-refractivity contribution in [2.45, 2.75) is 12.5 Å². The van der Waals surface area contributed by atoms with E-state index in [4.69, 9.17) is 11.6 Å². The number of benzene rings is 1. The Morgan fingerprint density at radius 1 is 1.47 bits per heavy atom. The summed E-state index contributed by atoms with van der Waals surface area (Å²) in [5, 5.41) is 3.28. The van der Waals surface area contributed by atoms with Crippen LogP contribution in [0.15, 0.2) is 18.2 Å². The minimum absolute atomic E-state index is 0.0617. The van der Waals surface area contributed by atoms with Crippen molar-refractivity contribution in [3.05, 3.63) is 34.6 Å². The van der Waals surface area contributed by atoms with E-state index in [1.807, 2.05) is 0 Å². The van der Waals surface area contributed by atoms with Gasteiger partial charge < -0.3 is 5.32 Å². The van der Waals surface area contributed by atoms with Crippen molar-refractivity contribution in [1.82, 2.24) is 5.32 Å². The average Bonchev–Trinajstić information content (AvgIpc) is 2.19. The predicted octanol–water partition coefficient (Wildman–Crippen LogP) is 2.17. The largest absolute Gasteiger partial charge is 0.313 e. The Bertz CT molecular complexity index is 490. The Morgan fingerprint density at radius 3 is 2.59 bits per heavy atom. The standard InChI is InChI=1S/C11H15ClFNO2S/c1-14-11(5-6-17(2,15)16)9-4-3-8(13)7-10(9)12/h3-4,7,11,14H,5-6H2,1-2H3. The van der Waals surface area contributed by atoms with Crippen LogP contribution in [-0.4, -0.2) is 27.5 Å². The maximum Gasteiger partial charge on any atom is 0.147 e. The summed E-state index contributed by atoms with van der Waals surface area (Å²) in [5.41, 5.74) is 0.708. The monoisotopic (exact) mass is 279 g/mol. The van der Waals surface area contributed by atoms with Gasteiger partial charge in [0.1, 0.15) is 15.7 Å². The van der Waals surface area contributed by atoms with Crippen LogP contribution in [0.1, 0.15) is 18.0 Å². The summed E-state index contributed by atoms with van der Waals surface area (Å²) >= 11 is 5.92. The number of hydrogen-bond donors (Lipinski definition) is 1.